The molecular formula is C15H26O3. The van der Waals surface area contributed by atoms with Gasteiger partial charge in [-0.15, -0.1) is 0 Å². The van der Waals surface area contributed by atoms with Crippen molar-refractivity contribution in [2.75, 3.05) is 0 Å². The number of rotatable bonds is 8. The molecule has 0 aliphatic rings. The Balaban J connectivity index is 0. The van der Waals surface area contributed by atoms with Gasteiger partial charge >= 0.3 is 0 Å². The SMILES string of the molecule is CC(=O)O.CCC=CCCCCC/C=C\C=C/O. The lowest BCUT2D eigenvalue weighted by atomic mass is 10.1. The Kier molecular flexibility index (Phi) is 18.7. The summed E-state index contributed by atoms with van der Waals surface area (Å²) in [5, 5.41) is 15.8. The largest absolute Gasteiger partial charge is 0.516 e. The first kappa shape index (κ1) is 18.8. The summed E-state index contributed by atoms with van der Waals surface area (Å²) in [6, 6.07) is 0. The standard InChI is InChI=1S/C13H22O.C2H4O2/c1-2-3-4-5-6-7-8-9-10-11-12-13-14;1-2(3)4/h3-4,10-14H,2,5-9H2,1H3;1H3,(H,3,4)/b4-3?,11-10-,13-12-;. The van der Waals surface area contributed by atoms with Gasteiger partial charge in [0, 0.05) is 6.92 Å². The summed E-state index contributed by atoms with van der Waals surface area (Å²) in [4.78, 5) is 9.00. The van der Waals surface area contributed by atoms with Crippen LogP contribution >= 0.6 is 0 Å². The Morgan fingerprint density at radius 1 is 1.00 bits per heavy atom. The third kappa shape index (κ3) is 29.3. The maximum atomic E-state index is 9.00. The fraction of sp³-hybridized carbons (Fsp3) is 0.533. The molecule has 104 valence electrons. The highest BCUT2D eigenvalue weighted by Crippen LogP contribution is 2.04. The Bertz CT molecular complexity index is 248. The van der Waals surface area contributed by atoms with E-state index in [1.165, 1.54) is 25.7 Å². The Morgan fingerprint density at radius 3 is 2.06 bits per heavy atom. The summed E-state index contributed by atoms with van der Waals surface area (Å²) in [5.74, 6) is -0.833. The van der Waals surface area contributed by atoms with Gasteiger partial charge in [0.05, 0.1) is 6.26 Å². The van der Waals surface area contributed by atoms with Crippen LogP contribution in [-0.2, 0) is 4.79 Å². The number of hydrogen-bond donors (Lipinski definition) is 2. The van der Waals surface area contributed by atoms with Crippen LogP contribution in [0.1, 0.15) is 52.4 Å². The molecule has 18 heavy (non-hydrogen) atoms. The number of allylic oxidation sites excluding steroid dienone is 5. The molecule has 3 heteroatoms. The second-order valence-electron chi connectivity index (χ2n) is 3.81. The number of aliphatic carboxylic acids is 1. The first-order valence-corrected chi connectivity index (χ1v) is 6.45. The molecule has 0 fully saturated rings. The summed E-state index contributed by atoms with van der Waals surface area (Å²) >= 11 is 0. The topological polar surface area (TPSA) is 57.5 Å². The fourth-order valence-electron chi connectivity index (χ4n) is 1.21. The summed E-state index contributed by atoms with van der Waals surface area (Å²) in [7, 11) is 0. The van der Waals surface area contributed by atoms with E-state index in [4.69, 9.17) is 15.0 Å². The molecule has 0 atom stereocenters. The molecule has 0 saturated heterocycles. The van der Waals surface area contributed by atoms with E-state index in [0.717, 1.165) is 26.0 Å². The van der Waals surface area contributed by atoms with Gasteiger partial charge in [-0.1, -0.05) is 37.6 Å². The van der Waals surface area contributed by atoms with Crippen molar-refractivity contribution in [1.82, 2.24) is 0 Å². The minimum absolute atomic E-state index is 0.833. The monoisotopic (exact) mass is 254 g/mol. The minimum Gasteiger partial charge on any atom is -0.516 e. The van der Waals surface area contributed by atoms with Crippen LogP contribution in [0.4, 0.5) is 0 Å². The van der Waals surface area contributed by atoms with Crippen LogP contribution in [0.25, 0.3) is 0 Å². The van der Waals surface area contributed by atoms with Crippen LogP contribution < -0.4 is 0 Å². The van der Waals surface area contributed by atoms with Gasteiger partial charge < -0.3 is 10.2 Å². The van der Waals surface area contributed by atoms with E-state index in [1.54, 1.807) is 6.08 Å². The van der Waals surface area contributed by atoms with E-state index >= 15 is 0 Å². The van der Waals surface area contributed by atoms with Crippen molar-refractivity contribution in [2.24, 2.45) is 0 Å². The summed E-state index contributed by atoms with van der Waals surface area (Å²) in [5.41, 5.74) is 0. The van der Waals surface area contributed by atoms with Crippen molar-refractivity contribution < 1.29 is 15.0 Å². The molecule has 0 radical (unpaired) electrons. The zero-order chi connectivity index (χ0) is 14.1. The number of carbonyl (C=O) groups is 1. The van der Waals surface area contributed by atoms with E-state index in [0.29, 0.717) is 0 Å². The molecule has 2 N–H and O–H groups in total. The van der Waals surface area contributed by atoms with E-state index in [1.807, 2.05) is 6.08 Å². The molecule has 0 unspecified atom stereocenters. The maximum absolute atomic E-state index is 9.00. The summed E-state index contributed by atoms with van der Waals surface area (Å²) in [6.07, 6.45) is 18.5. The molecule has 0 heterocycles. The Morgan fingerprint density at radius 2 is 1.56 bits per heavy atom. The molecule has 0 aromatic heterocycles. The van der Waals surface area contributed by atoms with Crippen LogP contribution in [0.2, 0.25) is 0 Å². The third-order valence-electron chi connectivity index (χ3n) is 1.98. The van der Waals surface area contributed by atoms with Gasteiger partial charge in [0.1, 0.15) is 0 Å². The molecule has 0 bridgehead atoms. The maximum Gasteiger partial charge on any atom is 0.300 e. The highest BCUT2D eigenvalue weighted by Gasteiger charge is 1.84. The van der Waals surface area contributed by atoms with Gasteiger partial charge in [0.2, 0.25) is 0 Å². The van der Waals surface area contributed by atoms with Gasteiger partial charge in [-0.05, 0) is 38.2 Å². The lowest BCUT2D eigenvalue weighted by molar-refractivity contribution is -0.134. The molecule has 0 amide bonds. The molecular weight excluding hydrogens is 228 g/mol. The highest BCUT2D eigenvalue weighted by molar-refractivity contribution is 5.62. The average Bonchev–Trinajstić information content (AvgIpc) is 2.31. The van der Waals surface area contributed by atoms with Crippen molar-refractivity contribution in [3.05, 3.63) is 36.6 Å². The molecule has 0 saturated carbocycles. The predicted molar refractivity (Wildman–Crippen MR) is 76.7 cm³/mol. The fourth-order valence-corrected chi connectivity index (χ4v) is 1.21. The van der Waals surface area contributed by atoms with Crippen LogP contribution in [0.15, 0.2) is 36.6 Å². The van der Waals surface area contributed by atoms with E-state index in [-0.39, 0.29) is 0 Å². The Labute approximate surface area is 111 Å². The van der Waals surface area contributed by atoms with Crippen LogP contribution in [0, 0.1) is 0 Å². The lowest BCUT2D eigenvalue weighted by Crippen LogP contribution is -1.78. The predicted octanol–water partition coefficient (Wildman–Crippen LogP) is 4.62. The van der Waals surface area contributed by atoms with Crippen LogP contribution in [0.3, 0.4) is 0 Å². The van der Waals surface area contributed by atoms with E-state index < -0.39 is 5.97 Å². The normalized spacial score (nSPS) is 11.0. The number of unbranched alkanes of at least 4 members (excludes halogenated alkanes) is 4. The minimum atomic E-state index is -0.833. The average molecular weight is 254 g/mol. The number of carboxylic acids is 1. The quantitative estimate of drug-likeness (QED) is 0.287. The Hall–Kier alpha value is -1.51. The number of carboxylic acid groups (broad SMARTS) is 1. The first-order chi connectivity index (χ1) is 8.65. The van der Waals surface area contributed by atoms with Crippen molar-refractivity contribution in [1.29, 1.82) is 0 Å². The molecule has 0 spiro atoms. The lowest BCUT2D eigenvalue weighted by Gasteiger charge is -1.94. The number of hydrogen-bond acceptors (Lipinski definition) is 2. The van der Waals surface area contributed by atoms with Crippen LogP contribution in [0.5, 0.6) is 0 Å². The zero-order valence-corrected chi connectivity index (χ0v) is 11.5. The zero-order valence-electron chi connectivity index (χ0n) is 11.5. The second kappa shape index (κ2) is 17.9. The van der Waals surface area contributed by atoms with Crippen molar-refractivity contribution in [2.45, 2.75) is 52.4 Å². The summed E-state index contributed by atoms with van der Waals surface area (Å²) < 4.78 is 0. The van der Waals surface area contributed by atoms with Gasteiger partial charge in [0.25, 0.3) is 5.97 Å². The van der Waals surface area contributed by atoms with Gasteiger partial charge in [-0.3, -0.25) is 4.79 Å². The third-order valence-corrected chi connectivity index (χ3v) is 1.98. The molecule has 0 aliphatic heterocycles. The number of aliphatic hydroxyl groups excluding tert-OH is 1. The van der Waals surface area contributed by atoms with Crippen LogP contribution in [-0.4, -0.2) is 16.2 Å². The molecule has 0 rings (SSSR count). The summed E-state index contributed by atoms with van der Waals surface area (Å²) in [6.45, 7) is 3.25. The highest BCUT2D eigenvalue weighted by atomic mass is 16.4. The smallest absolute Gasteiger partial charge is 0.300 e. The van der Waals surface area contributed by atoms with E-state index in [2.05, 4.69) is 25.2 Å². The van der Waals surface area contributed by atoms with Crippen molar-refractivity contribution in [3.63, 3.8) is 0 Å². The van der Waals surface area contributed by atoms with Gasteiger partial charge in [-0.2, -0.15) is 0 Å². The molecule has 3 nitrogen and oxygen atoms in total. The van der Waals surface area contributed by atoms with E-state index in [9.17, 15) is 0 Å². The number of aliphatic hydroxyl groups is 1. The second-order valence-corrected chi connectivity index (χ2v) is 3.81. The molecule has 0 aliphatic carbocycles. The van der Waals surface area contributed by atoms with Crippen molar-refractivity contribution >= 4 is 5.97 Å². The first-order valence-electron chi connectivity index (χ1n) is 6.45. The molecule has 0 aromatic carbocycles. The van der Waals surface area contributed by atoms with Crippen molar-refractivity contribution in [3.8, 4) is 0 Å². The molecule has 0 aromatic rings. The van der Waals surface area contributed by atoms with Gasteiger partial charge in [0.15, 0.2) is 0 Å². The van der Waals surface area contributed by atoms with Gasteiger partial charge in [-0.25, -0.2) is 0 Å².